The Bertz CT molecular complexity index is 613. The van der Waals surface area contributed by atoms with Gasteiger partial charge >= 0.3 is 5.97 Å². The molecule has 0 amide bonds. The van der Waals surface area contributed by atoms with Crippen LogP contribution >= 0.6 is 15.9 Å². The third-order valence-corrected chi connectivity index (χ3v) is 4.11. The smallest absolute Gasteiger partial charge is 0.337 e. The van der Waals surface area contributed by atoms with E-state index >= 15 is 0 Å². The Labute approximate surface area is 133 Å². The highest BCUT2D eigenvalue weighted by molar-refractivity contribution is 9.10. The van der Waals surface area contributed by atoms with Crippen LogP contribution in [-0.4, -0.2) is 13.1 Å². The SMILES string of the molecule is COC(=O)c1ccc(CNC(C)c2ccccc2)c(Br)c1. The molecule has 0 radical (unpaired) electrons. The van der Waals surface area contributed by atoms with Crippen LogP contribution in [-0.2, 0) is 11.3 Å². The zero-order chi connectivity index (χ0) is 15.2. The molecule has 1 N–H and O–H groups in total. The Balaban J connectivity index is 2.02. The molecule has 0 aliphatic heterocycles. The minimum Gasteiger partial charge on any atom is -0.465 e. The minimum atomic E-state index is -0.326. The van der Waals surface area contributed by atoms with Crippen LogP contribution in [0.3, 0.4) is 0 Å². The lowest BCUT2D eigenvalue weighted by Crippen LogP contribution is -2.18. The highest BCUT2D eigenvalue weighted by Gasteiger charge is 2.10. The number of hydrogen-bond donors (Lipinski definition) is 1. The first kappa shape index (κ1) is 15.7. The molecule has 0 saturated carbocycles. The third kappa shape index (κ3) is 4.16. The van der Waals surface area contributed by atoms with Gasteiger partial charge in [-0.05, 0) is 30.2 Å². The predicted molar refractivity (Wildman–Crippen MR) is 87.2 cm³/mol. The molecular weight excluding hydrogens is 330 g/mol. The first-order chi connectivity index (χ1) is 10.1. The van der Waals surface area contributed by atoms with Gasteiger partial charge in [-0.1, -0.05) is 52.3 Å². The molecule has 1 unspecified atom stereocenters. The van der Waals surface area contributed by atoms with E-state index in [0.29, 0.717) is 5.56 Å². The van der Waals surface area contributed by atoms with Gasteiger partial charge in [0.15, 0.2) is 0 Å². The lowest BCUT2D eigenvalue weighted by atomic mass is 10.1. The van der Waals surface area contributed by atoms with E-state index in [1.807, 2.05) is 24.3 Å². The summed E-state index contributed by atoms with van der Waals surface area (Å²) in [4.78, 5) is 11.5. The highest BCUT2D eigenvalue weighted by atomic mass is 79.9. The third-order valence-electron chi connectivity index (χ3n) is 3.37. The van der Waals surface area contributed by atoms with Crippen molar-refractivity contribution in [3.63, 3.8) is 0 Å². The standard InChI is InChI=1S/C17H18BrNO2/c1-12(13-6-4-3-5-7-13)19-11-15-9-8-14(10-16(15)18)17(20)21-2/h3-10,12,19H,11H2,1-2H3. The number of rotatable bonds is 5. The molecule has 2 aromatic rings. The average Bonchev–Trinajstić information content (AvgIpc) is 2.53. The van der Waals surface area contributed by atoms with E-state index in [1.54, 1.807) is 12.1 Å². The molecule has 2 rings (SSSR count). The van der Waals surface area contributed by atoms with E-state index in [2.05, 4.69) is 40.3 Å². The molecule has 0 bridgehead atoms. The van der Waals surface area contributed by atoms with E-state index in [4.69, 9.17) is 4.74 Å². The normalized spacial score (nSPS) is 12.0. The summed E-state index contributed by atoms with van der Waals surface area (Å²) < 4.78 is 5.61. The average molecular weight is 348 g/mol. The summed E-state index contributed by atoms with van der Waals surface area (Å²) in [6, 6.07) is 16.1. The largest absolute Gasteiger partial charge is 0.465 e. The van der Waals surface area contributed by atoms with Crippen molar-refractivity contribution in [1.82, 2.24) is 5.32 Å². The molecule has 0 spiro atoms. The molecule has 0 fully saturated rings. The number of esters is 1. The Morgan fingerprint density at radius 3 is 2.57 bits per heavy atom. The van der Waals surface area contributed by atoms with E-state index in [9.17, 15) is 4.79 Å². The second-order valence-electron chi connectivity index (χ2n) is 4.81. The van der Waals surface area contributed by atoms with Crippen molar-refractivity contribution in [3.05, 3.63) is 69.7 Å². The topological polar surface area (TPSA) is 38.3 Å². The molecule has 4 heteroatoms. The maximum absolute atomic E-state index is 11.5. The van der Waals surface area contributed by atoms with Gasteiger partial charge in [-0.3, -0.25) is 0 Å². The van der Waals surface area contributed by atoms with Gasteiger partial charge in [0.05, 0.1) is 12.7 Å². The number of methoxy groups -OCH3 is 1. The molecule has 0 aliphatic carbocycles. The summed E-state index contributed by atoms with van der Waals surface area (Å²) >= 11 is 3.50. The number of halogens is 1. The highest BCUT2D eigenvalue weighted by Crippen LogP contribution is 2.20. The van der Waals surface area contributed by atoms with Gasteiger partial charge in [0.25, 0.3) is 0 Å². The molecule has 0 heterocycles. The Kier molecular flexibility index (Phi) is 5.53. The summed E-state index contributed by atoms with van der Waals surface area (Å²) in [5.74, 6) is -0.326. The second-order valence-corrected chi connectivity index (χ2v) is 5.67. The molecular formula is C17H18BrNO2. The lowest BCUT2D eigenvalue weighted by molar-refractivity contribution is 0.0600. The Morgan fingerprint density at radius 1 is 1.24 bits per heavy atom. The molecule has 1 atom stereocenters. The quantitative estimate of drug-likeness (QED) is 0.828. The summed E-state index contributed by atoms with van der Waals surface area (Å²) in [5.41, 5.74) is 2.90. The molecule has 3 nitrogen and oxygen atoms in total. The van der Waals surface area contributed by atoms with Crippen LogP contribution in [0.5, 0.6) is 0 Å². The fourth-order valence-electron chi connectivity index (χ4n) is 2.06. The molecule has 0 saturated heterocycles. The van der Waals surface area contributed by atoms with Crippen molar-refractivity contribution >= 4 is 21.9 Å². The monoisotopic (exact) mass is 347 g/mol. The number of benzene rings is 2. The van der Waals surface area contributed by atoms with Gasteiger partial charge in [0.1, 0.15) is 0 Å². The molecule has 21 heavy (non-hydrogen) atoms. The maximum Gasteiger partial charge on any atom is 0.337 e. The first-order valence-electron chi connectivity index (χ1n) is 6.77. The number of nitrogens with one attached hydrogen (secondary N) is 1. The zero-order valence-electron chi connectivity index (χ0n) is 12.1. The number of carbonyl (C=O) groups is 1. The summed E-state index contributed by atoms with van der Waals surface area (Å²) in [6.07, 6.45) is 0. The van der Waals surface area contributed by atoms with Gasteiger partial charge in [-0.2, -0.15) is 0 Å². The summed E-state index contributed by atoms with van der Waals surface area (Å²) in [7, 11) is 1.38. The Morgan fingerprint density at radius 2 is 1.95 bits per heavy atom. The van der Waals surface area contributed by atoms with Crippen LogP contribution in [0.15, 0.2) is 53.0 Å². The van der Waals surface area contributed by atoms with Crippen molar-refractivity contribution in [2.24, 2.45) is 0 Å². The molecule has 0 aromatic heterocycles. The van der Waals surface area contributed by atoms with Crippen LogP contribution in [0.1, 0.15) is 34.5 Å². The number of ether oxygens (including phenoxy) is 1. The van der Waals surface area contributed by atoms with E-state index in [-0.39, 0.29) is 12.0 Å². The van der Waals surface area contributed by atoms with Crippen LogP contribution < -0.4 is 5.32 Å². The fraction of sp³-hybridized carbons (Fsp3) is 0.235. The predicted octanol–water partition coefficient (Wildman–Crippen LogP) is 4.09. The van der Waals surface area contributed by atoms with Crippen LogP contribution in [0.2, 0.25) is 0 Å². The van der Waals surface area contributed by atoms with Crippen LogP contribution in [0, 0.1) is 0 Å². The van der Waals surface area contributed by atoms with Gasteiger partial charge in [-0.25, -0.2) is 4.79 Å². The van der Waals surface area contributed by atoms with Crippen molar-refractivity contribution in [3.8, 4) is 0 Å². The Hall–Kier alpha value is -1.65. The zero-order valence-corrected chi connectivity index (χ0v) is 13.7. The lowest BCUT2D eigenvalue weighted by Gasteiger charge is -2.15. The molecule has 110 valence electrons. The van der Waals surface area contributed by atoms with E-state index < -0.39 is 0 Å². The van der Waals surface area contributed by atoms with Gasteiger partial charge < -0.3 is 10.1 Å². The van der Waals surface area contributed by atoms with Gasteiger partial charge in [0, 0.05) is 17.1 Å². The number of hydrogen-bond acceptors (Lipinski definition) is 3. The van der Waals surface area contributed by atoms with Gasteiger partial charge in [-0.15, -0.1) is 0 Å². The van der Waals surface area contributed by atoms with Crippen LogP contribution in [0.4, 0.5) is 0 Å². The minimum absolute atomic E-state index is 0.262. The van der Waals surface area contributed by atoms with Crippen molar-refractivity contribution in [2.45, 2.75) is 19.5 Å². The van der Waals surface area contributed by atoms with Crippen molar-refractivity contribution < 1.29 is 9.53 Å². The van der Waals surface area contributed by atoms with Crippen LogP contribution in [0.25, 0.3) is 0 Å². The van der Waals surface area contributed by atoms with E-state index in [1.165, 1.54) is 12.7 Å². The summed E-state index contributed by atoms with van der Waals surface area (Å²) in [5, 5.41) is 3.47. The maximum atomic E-state index is 11.5. The van der Waals surface area contributed by atoms with E-state index in [0.717, 1.165) is 16.6 Å². The van der Waals surface area contributed by atoms with Crippen molar-refractivity contribution in [2.75, 3.05) is 7.11 Å². The first-order valence-corrected chi connectivity index (χ1v) is 7.56. The summed E-state index contributed by atoms with van der Waals surface area (Å²) in [6.45, 7) is 2.85. The molecule has 2 aromatic carbocycles. The fourth-order valence-corrected chi connectivity index (χ4v) is 2.58. The van der Waals surface area contributed by atoms with Gasteiger partial charge in [0.2, 0.25) is 0 Å². The second kappa shape index (κ2) is 7.38. The molecule has 0 aliphatic rings. The number of carbonyl (C=O) groups excluding carboxylic acids is 1. The van der Waals surface area contributed by atoms with Crippen molar-refractivity contribution in [1.29, 1.82) is 0 Å².